The zero-order chi connectivity index (χ0) is 13.8. The first-order chi connectivity index (χ1) is 9.84. The van der Waals surface area contributed by atoms with Crippen molar-refractivity contribution < 1.29 is 0 Å². The van der Waals surface area contributed by atoms with Gasteiger partial charge in [0.1, 0.15) is 5.82 Å². The number of hydrogen-bond donors (Lipinski definition) is 1. The van der Waals surface area contributed by atoms with Gasteiger partial charge in [-0.05, 0) is 39.7 Å². The van der Waals surface area contributed by atoms with Crippen LogP contribution < -0.4 is 5.32 Å². The summed E-state index contributed by atoms with van der Waals surface area (Å²) in [5, 5.41) is 3.38. The van der Waals surface area contributed by atoms with Crippen molar-refractivity contribution in [2.45, 2.75) is 0 Å². The number of rotatable bonds is 3. The summed E-state index contributed by atoms with van der Waals surface area (Å²) >= 11 is 3.51. The van der Waals surface area contributed by atoms with E-state index in [1.807, 2.05) is 42.5 Å². The monoisotopic (exact) mass is 324 g/mol. The molecule has 0 aliphatic rings. The lowest BCUT2D eigenvalue weighted by Crippen LogP contribution is -1.96. The summed E-state index contributed by atoms with van der Waals surface area (Å²) in [7, 11) is 0. The summed E-state index contributed by atoms with van der Waals surface area (Å²) in [4.78, 5) is 4.35. The summed E-state index contributed by atoms with van der Waals surface area (Å²) in [5.74, 6) is 0.816. The van der Waals surface area contributed by atoms with Crippen LogP contribution in [0.25, 0.3) is 11.1 Å². The fourth-order valence-electron chi connectivity index (χ4n) is 2.07. The summed E-state index contributed by atoms with van der Waals surface area (Å²) in [5.41, 5.74) is 3.38. The van der Waals surface area contributed by atoms with E-state index in [1.165, 1.54) is 5.56 Å². The molecule has 98 valence electrons. The molecule has 0 unspecified atom stereocenters. The molecule has 0 aliphatic carbocycles. The molecule has 0 amide bonds. The van der Waals surface area contributed by atoms with Crippen molar-refractivity contribution in [1.82, 2.24) is 4.98 Å². The number of aromatic nitrogens is 1. The Hall–Kier alpha value is -2.13. The predicted molar refractivity (Wildman–Crippen MR) is 87.1 cm³/mol. The van der Waals surface area contributed by atoms with Crippen molar-refractivity contribution in [1.29, 1.82) is 0 Å². The van der Waals surface area contributed by atoms with E-state index < -0.39 is 0 Å². The Bertz CT molecular complexity index is 711. The maximum Gasteiger partial charge on any atom is 0.144 e. The lowest BCUT2D eigenvalue weighted by atomic mass is 10.0. The molecule has 0 spiro atoms. The largest absolute Gasteiger partial charge is 0.339 e. The molecule has 0 radical (unpaired) electrons. The molecule has 3 rings (SSSR count). The first-order valence-electron chi connectivity index (χ1n) is 6.36. The van der Waals surface area contributed by atoms with E-state index in [4.69, 9.17) is 0 Å². The van der Waals surface area contributed by atoms with Crippen LogP contribution in [0.4, 0.5) is 11.5 Å². The van der Waals surface area contributed by atoms with Crippen LogP contribution in [0.3, 0.4) is 0 Å². The van der Waals surface area contributed by atoms with Crippen molar-refractivity contribution in [3.63, 3.8) is 0 Å². The van der Waals surface area contributed by atoms with E-state index >= 15 is 0 Å². The van der Waals surface area contributed by atoms with Crippen LogP contribution in [0.15, 0.2) is 77.4 Å². The van der Waals surface area contributed by atoms with Crippen molar-refractivity contribution in [3.05, 3.63) is 77.4 Å². The molecule has 3 aromatic rings. The maximum absolute atomic E-state index is 4.35. The third-order valence-corrected chi connectivity index (χ3v) is 3.66. The van der Waals surface area contributed by atoms with Crippen molar-refractivity contribution in [2.75, 3.05) is 5.32 Å². The Balaban J connectivity index is 2.01. The topological polar surface area (TPSA) is 24.9 Å². The molecule has 0 fully saturated rings. The average Bonchev–Trinajstić information content (AvgIpc) is 2.51. The Labute approximate surface area is 126 Å². The lowest BCUT2D eigenvalue weighted by Gasteiger charge is -2.12. The second-order valence-electron chi connectivity index (χ2n) is 4.37. The third kappa shape index (κ3) is 2.73. The highest BCUT2D eigenvalue weighted by Gasteiger charge is 2.06. The third-order valence-electron chi connectivity index (χ3n) is 3.02. The van der Waals surface area contributed by atoms with E-state index in [0.717, 1.165) is 21.5 Å². The van der Waals surface area contributed by atoms with E-state index in [-0.39, 0.29) is 0 Å². The van der Waals surface area contributed by atoms with Gasteiger partial charge in [-0.1, -0.05) is 48.5 Å². The number of nitrogens with zero attached hydrogens (tertiary/aromatic N) is 1. The molecule has 1 heterocycles. The molecule has 3 heteroatoms. The number of nitrogens with one attached hydrogen (secondary N) is 1. The Kier molecular flexibility index (Phi) is 3.79. The summed E-state index contributed by atoms with van der Waals surface area (Å²) in [6.07, 6.45) is 1.78. The number of anilines is 2. The fourth-order valence-corrected chi connectivity index (χ4v) is 2.42. The van der Waals surface area contributed by atoms with E-state index in [0.29, 0.717) is 0 Å². The van der Waals surface area contributed by atoms with Crippen LogP contribution >= 0.6 is 15.9 Å². The number of pyridine rings is 1. The molecule has 1 N–H and O–H groups in total. The number of para-hydroxylation sites is 1. The molecule has 0 aliphatic heterocycles. The van der Waals surface area contributed by atoms with Gasteiger partial charge in [0.15, 0.2) is 0 Å². The summed E-state index contributed by atoms with van der Waals surface area (Å²) in [6, 6.07) is 22.4. The lowest BCUT2D eigenvalue weighted by molar-refractivity contribution is 1.29. The van der Waals surface area contributed by atoms with E-state index in [9.17, 15) is 0 Å². The van der Waals surface area contributed by atoms with E-state index in [1.54, 1.807) is 6.20 Å². The van der Waals surface area contributed by atoms with Crippen LogP contribution in [-0.4, -0.2) is 4.98 Å². The van der Waals surface area contributed by atoms with Gasteiger partial charge in [-0.15, -0.1) is 0 Å². The normalized spacial score (nSPS) is 10.2. The van der Waals surface area contributed by atoms with Crippen LogP contribution in [0.1, 0.15) is 0 Å². The standard InChI is InChI=1S/C17H13BrN2/c18-15-10-6-12-19-17(15)20-16-11-5-4-9-14(16)13-7-2-1-3-8-13/h1-12H,(H,19,20). The summed E-state index contributed by atoms with van der Waals surface area (Å²) < 4.78 is 0.947. The average molecular weight is 325 g/mol. The van der Waals surface area contributed by atoms with Gasteiger partial charge in [-0.25, -0.2) is 4.98 Å². The quantitative estimate of drug-likeness (QED) is 0.711. The minimum Gasteiger partial charge on any atom is -0.339 e. The van der Waals surface area contributed by atoms with Gasteiger partial charge in [0.05, 0.1) is 4.47 Å². The predicted octanol–water partition coefficient (Wildman–Crippen LogP) is 5.25. The highest BCUT2D eigenvalue weighted by Crippen LogP contribution is 2.31. The van der Waals surface area contributed by atoms with Crippen LogP contribution in [0.5, 0.6) is 0 Å². The molecule has 0 saturated carbocycles. The van der Waals surface area contributed by atoms with Gasteiger partial charge in [0.2, 0.25) is 0 Å². The van der Waals surface area contributed by atoms with Crippen molar-refractivity contribution in [2.24, 2.45) is 0 Å². The van der Waals surface area contributed by atoms with Crippen LogP contribution in [0, 0.1) is 0 Å². The van der Waals surface area contributed by atoms with Gasteiger partial charge >= 0.3 is 0 Å². The maximum atomic E-state index is 4.35. The highest BCUT2D eigenvalue weighted by molar-refractivity contribution is 9.10. The number of halogens is 1. The first kappa shape index (κ1) is 12.9. The molecule has 2 aromatic carbocycles. The number of benzene rings is 2. The molecule has 0 atom stereocenters. The van der Waals surface area contributed by atoms with Crippen molar-refractivity contribution in [3.8, 4) is 11.1 Å². The smallest absolute Gasteiger partial charge is 0.144 e. The highest BCUT2D eigenvalue weighted by atomic mass is 79.9. The first-order valence-corrected chi connectivity index (χ1v) is 7.16. The Morgan fingerprint density at radius 1 is 0.800 bits per heavy atom. The zero-order valence-electron chi connectivity index (χ0n) is 10.8. The molecule has 20 heavy (non-hydrogen) atoms. The summed E-state index contributed by atoms with van der Waals surface area (Å²) in [6.45, 7) is 0. The molecule has 2 nitrogen and oxygen atoms in total. The second-order valence-corrected chi connectivity index (χ2v) is 5.22. The minimum absolute atomic E-state index is 0.816. The van der Waals surface area contributed by atoms with E-state index in [2.05, 4.69) is 50.5 Å². The Morgan fingerprint density at radius 2 is 1.55 bits per heavy atom. The zero-order valence-corrected chi connectivity index (χ0v) is 12.3. The minimum atomic E-state index is 0.816. The molecule has 0 bridgehead atoms. The number of hydrogen-bond acceptors (Lipinski definition) is 2. The van der Waals surface area contributed by atoms with Gasteiger partial charge < -0.3 is 5.32 Å². The van der Waals surface area contributed by atoms with Crippen LogP contribution in [0.2, 0.25) is 0 Å². The van der Waals surface area contributed by atoms with Crippen molar-refractivity contribution >= 4 is 27.4 Å². The Morgan fingerprint density at radius 3 is 2.35 bits per heavy atom. The van der Waals surface area contributed by atoms with Crippen LogP contribution in [-0.2, 0) is 0 Å². The second kappa shape index (κ2) is 5.88. The molecule has 0 saturated heterocycles. The molecular formula is C17H13BrN2. The van der Waals surface area contributed by atoms with Gasteiger partial charge in [0, 0.05) is 17.4 Å². The molecule has 1 aromatic heterocycles. The van der Waals surface area contributed by atoms with Gasteiger partial charge in [-0.2, -0.15) is 0 Å². The van der Waals surface area contributed by atoms with Gasteiger partial charge in [-0.3, -0.25) is 0 Å². The van der Waals surface area contributed by atoms with Gasteiger partial charge in [0.25, 0.3) is 0 Å². The molecular weight excluding hydrogens is 312 g/mol. The fraction of sp³-hybridized carbons (Fsp3) is 0. The SMILES string of the molecule is Brc1cccnc1Nc1ccccc1-c1ccccc1.